The van der Waals surface area contributed by atoms with Crippen LogP contribution in [0, 0.1) is 5.41 Å². The molecule has 1 aliphatic rings. The molecule has 1 aliphatic carbocycles. The second kappa shape index (κ2) is 8.11. The number of fused-ring (bicyclic) bond motifs is 1. The highest BCUT2D eigenvalue weighted by Crippen LogP contribution is 2.34. The Morgan fingerprint density at radius 3 is 2.77 bits per heavy atom. The Bertz CT molecular complexity index is 1230. The summed E-state index contributed by atoms with van der Waals surface area (Å²) >= 11 is 1.25. The molecule has 0 fully saturated rings. The maximum Gasteiger partial charge on any atom is 0.263 e. The van der Waals surface area contributed by atoms with Crippen LogP contribution in [0.2, 0.25) is 0 Å². The fraction of sp³-hybridized carbons (Fsp3) is 0.304. The zero-order valence-electron chi connectivity index (χ0n) is 17.6. The van der Waals surface area contributed by atoms with E-state index in [1.54, 1.807) is 0 Å². The van der Waals surface area contributed by atoms with Crippen molar-refractivity contribution in [3.8, 4) is 17.0 Å². The third-order valence-corrected chi connectivity index (χ3v) is 5.91. The molecule has 0 saturated heterocycles. The molecule has 7 nitrogen and oxygen atoms in total. The monoisotopic (exact) mass is 437 g/mol. The lowest BCUT2D eigenvalue weighted by Crippen LogP contribution is -2.32. The molecule has 8 heteroatoms. The van der Waals surface area contributed by atoms with Gasteiger partial charge in [0.2, 0.25) is 0 Å². The predicted octanol–water partition coefficient (Wildman–Crippen LogP) is 4.30. The molecule has 2 aromatic heterocycles. The lowest BCUT2D eigenvalue weighted by Gasteiger charge is -2.29. The number of amides is 1. The van der Waals surface area contributed by atoms with Gasteiger partial charge >= 0.3 is 0 Å². The summed E-state index contributed by atoms with van der Waals surface area (Å²) in [4.78, 5) is 45.0. The highest BCUT2D eigenvalue weighted by Gasteiger charge is 2.32. The first-order valence-corrected chi connectivity index (χ1v) is 10.9. The first-order valence-electron chi connectivity index (χ1n) is 10.1. The first kappa shape index (κ1) is 21.0. The molecule has 0 spiro atoms. The lowest BCUT2D eigenvalue weighted by atomic mass is 9.75. The number of thiazole rings is 1. The number of nitrogens with one attached hydrogen (secondary N) is 2. The number of nitrogens with zero attached hydrogens (tertiary/aromatic N) is 1. The number of benzene rings is 1. The molecule has 31 heavy (non-hydrogen) atoms. The summed E-state index contributed by atoms with van der Waals surface area (Å²) in [6.07, 6.45) is 0.961. The van der Waals surface area contributed by atoms with Gasteiger partial charge in [0, 0.05) is 28.6 Å². The topological polar surface area (TPSA) is 101 Å². The molecular formula is C23H23N3O4S. The van der Waals surface area contributed by atoms with Crippen molar-refractivity contribution in [3.63, 3.8) is 0 Å². The Morgan fingerprint density at radius 2 is 2.00 bits per heavy atom. The zero-order valence-corrected chi connectivity index (χ0v) is 18.4. The van der Waals surface area contributed by atoms with Crippen LogP contribution in [0.5, 0.6) is 5.75 Å². The Kier molecular flexibility index (Phi) is 5.49. The molecular weight excluding hydrogens is 414 g/mol. The Hall–Kier alpha value is -3.26. The molecule has 0 unspecified atom stereocenters. The maximum absolute atomic E-state index is 12.8. The van der Waals surface area contributed by atoms with Crippen LogP contribution in [0.1, 0.15) is 53.6 Å². The molecule has 2 N–H and O–H groups in total. The number of carbonyl (C=O) groups excluding carboxylic acids is 2. The maximum atomic E-state index is 12.8. The van der Waals surface area contributed by atoms with E-state index in [0.29, 0.717) is 47.3 Å². The Labute approximate surface area is 183 Å². The van der Waals surface area contributed by atoms with Crippen molar-refractivity contribution in [2.45, 2.75) is 33.6 Å². The van der Waals surface area contributed by atoms with Crippen molar-refractivity contribution < 1.29 is 14.3 Å². The van der Waals surface area contributed by atoms with E-state index in [9.17, 15) is 14.4 Å². The van der Waals surface area contributed by atoms with E-state index in [1.165, 1.54) is 17.4 Å². The minimum absolute atomic E-state index is 0.0689. The first-order chi connectivity index (χ1) is 14.8. The van der Waals surface area contributed by atoms with Crippen molar-refractivity contribution in [2.75, 3.05) is 11.9 Å². The fourth-order valence-corrected chi connectivity index (χ4v) is 4.48. The van der Waals surface area contributed by atoms with E-state index in [-0.39, 0.29) is 16.8 Å². The summed E-state index contributed by atoms with van der Waals surface area (Å²) < 4.78 is 5.64. The van der Waals surface area contributed by atoms with Crippen molar-refractivity contribution in [3.05, 3.63) is 62.9 Å². The van der Waals surface area contributed by atoms with Crippen LogP contribution in [0.25, 0.3) is 11.3 Å². The summed E-state index contributed by atoms with van der Waals surface area (Å²) in [5.74, 6) is 0.0436. The highest BCUT2D eigenvalue weighted by atomic mass is 32.1. The van der Waals surface area contributed by atoms with Crippen LogP contribution in [0.3, 0.4) is 0 Å². The van der Waals surface area contributed by atoms with Gasteiger partial charge in [-0.1, -0.05) is 26.0 Å². The van der Waals surface area contributed by atoms with Gasteiger partial charge in [0.1, 0.15) is 11.3 Å². The van der Waals surface area contributed by atoms with E-state index in [1.807, 2.05) is 50.4 Å². The van der Waals surface area contributed by atoms with E-state index < -0.39 is 11.5 Å². The molecule has 0 bridgehead atoms. The number of ketones is 1. The average Bonchev–Trinajstić information content (AvgIpc) is 3.15. The number of rotatable bonds is 5. The van der Waals surface area contributed by atoms with E-state index >= 15 is 0 Å². The number of anilines is 1. The summed E-state index contributed by atoms with van der Waals surface area (Å²) in [5, 5.41) is 4.85. The average molecular weight is 438 g/mol. The van der Waals surface area contributed by atoms with Crippen LogP contribution in [0.15, 0.2) is 40.5 Å². The van der Waals surface area contributed by atoms with E-state index in [4.69, 9.17) is 4.74 Å². The molecule has 0 aliphatic heterocycles. The molecule has 0 saturated carbocycles. The van der Waals surface area contributed by atoms with Gasteiger partial charge in [0.15, 0.2) is 10.9 Å². The number of Topliss-reactive ketones (excluding diaryl/α,β-unsaturated/α-hetero) is 1. The number of pyridine rings is 1. The van der Waals surface area contributed by atoms with Crippen LogP contribution >= 0.6 is 11.3 Å². The molecule has 3 aromatic rings. The van der Waals surface area contributed by atoms with E-state index in [0.717, 1.165) is 5.56 Å². The van der Waals surface area contributed by atoms with Gasteiger partial charge in [-0.3, -0.25) is 19.7 Å². The Balaban J connectivity index is 1.59. The van der Waals surface area contributed by atoms with Crippen LogP contribution in [-0.4, -0.2) is 28.3 Å². The van der Waals surface area contributed by atoms with Crippen LogP contribution < -0.4 is 15.6 Å². The second-order valence-corrected chi connectivity index (χ2v) is 9.12. The number of aromatic amines is 1. The van der Waals surface area contributed by atoms with Gasteiger partial charge in [-0.15, -0.1) is 11.3 Å². The van der Waals surface area contributed by atoms with Gasteiger partial charge in [-0.2, -0.15) is 0 Å². The smallest absolute Gasteiger partial charge is 0.263 e. The number of hydrogen-bond donors (Lipinski definition) is 2. The number of hydrogen-bond acceptors (Lipinski definition) is 6. The van der Waals surface area contributed by atoms with Crippen LogP contribution in [0.4, 0.5) is 5.13 Å². The predicted molar refractivity (Wildman–Crippen MR) is 120 cm³/mol. The fourth-order valence-electron chi connectivity index (χ4n) is 3.78. The molecule has 0 radical (unpaired) electrons. The van der Waals surface area contributed by atoms with Crippen LogP contribution in [-0.2, 0) is 6.42 Å². The number of aromatic nitrogens is 2. The molecule has 1 amide bonds. The molecule has 0 atom stereocenters. The molecule has 160 valence electrons. The summed E-state index contributed by atoms with van der Waals surface area (Å²) in [5.41, 5.74) is 1.66. The lowest BCUT2D eigenvalue weighted by molar-refractivity contribution is 0.0910. The highest BCUT2D eigenvalue weighted by molar-refractivity contribution is 7.14. The zero-order chi connectivity index (χ0) is 22.2. The van der Waals surface area contributed by atoms with E-state index in [2.05, 4.69) is 15.3 Å². The molecule has 1 aromatic carbocycles. The third-order valence-electron chi connectivity index (χ3n) is 5.15. The van der Waals surface area contributed by atoms with Gasteiger partial charge in [0.25, 0.3) is 11.5 Å². The molecule has 2 heterocycles. The number of carbonyl (C=O) groups is 2. The standard InChI is InChI=1S/C23H23N3O4S/c1-4-30-19-8-6-5-7-13(19)17-12-31-22(25-17)26-21(29)15-9-14-16(24-20(15)28)10-23(2,3)11-18(14)27/h5-9,12H,4,10-11H2,1-3H3,(H,24,28)(H,25,26,29). The Morgan fingerprint density at radius 1 is 1.23 bits per heavy atom. The SMILES string of the molecule is CCOc1ccccc1-c1csc(NC(=O)c2cc3c([nH]c2=O)CC(C)(C)CC3=O)n1. The third kappa shape index (κ3) is 4.29. The largest absolute Gasteiger partial charge is 0.493 e. The van der Waals surface area contributed by atoms with Crippen molar-refractivity contribution in [1.29, 1.82) is 0 Å². The minimum Gasteiger partial charge on any atom is -0.493 e. The summed E-state index contributed by atoms with van der Waals surface area (Å²) in [6, 6.07) is 8.93. The number of H-pyrrole nitrogens is 1. The number of ether oxygens (including phenoxy) is 1. The normalized spacial score (nSPS) is 14.7. The summed E-state index contributed by atoms with van der Waals surface area (Å²) in [6.45, 7) is 6.40. The van der Waals surface area contributed by atoms with Crippen molar-refractivity contribution in [1.82, 2.24) is 9.97 Å². The number of para-hydroxylation sites is 1. The quantitative estimate of drug-likeness (QED) is 0.620. The van der Waals surface area contributed by atoms with Crippen molar-refractivity contribution >= 4 is 28.2 Å². The second-order valence-electron chi connectivity index (χ2n) is 8.27. The minimum atomic E-state index is -0.597. The van der Waals surface area contributed by atoms with Gasteiger partial charge in [0.05, 0.1) is 12.3 Å². The van der Waals surface area contributed by atoms with Gasteiger partial charge in [-0.25, -0.2) is 4.98 Å². The van der Waals surface area contributed by atoms with Gasteiger partial charge in [-0.05, 0) is 37.0 Å². The summed E-state index contributed by atoms with van der Waals surface area (Å²) in [7, 11) is 0. The molecule has 4 rings (SSSR count). The van der Waals surface area contributed by atoms with Gasteiger partial charge < -0.3 is 9.72 Å². The van der Waals surface area contributed by atoms with Crippen molar-refractivity contribution in [2.24, 2.45) is 5.41 Å².